The van der Waals surface area contributed by atoms with E-state index in [1.807, 2.05) is 36.4 Å². The van der Waals surface area contributed by atoms with Crippen LogP contribution in [0, 0.1) is 0 Å². The van der Waals surface area contributed by atoms with Crippen molar-refractivity contribution in [3.63, 3.8) is 0 Å². The van der Waals surface area contributed by atoms with Gasteiger partial charge in [0.05, 0.1) is 28.4 Å². The van der Waals surface area contributed by atoms with Crippen LogP contribution in [0.25, 0.3) is 0 Å². The van der Waals surface area contributed by atoms with Crippen molar-refractivity contribution in [1.82, 2.24) is 0 Å². The fraction of sp³-hybridized carbons (Fsp3) is 0.368. The molecular formula is C19H25NO4. The standard InChI is InChI=1S/C19H25NO4/c1-21-16-8-6-5-7-15(16)14(12-20)9-13-10-18(23-3)19(24-4)11-17(13)22-2/h5-8,10-11,14H,9,12,20H2,1-4H3. The maximum absolute atomic E-state index is 6.04. The zero-order valence-electron chi connectivity index (χ0n) is 14.7. The summed E-state index contributed by atoms with van der Waals surface area (Å²) in [6.45, 7) is 0.498. The van der Waals surface area contributed by atoms with Crippen LogP contribution in [-0.2, 0) is 6.42 Å². The summed E-state index contributed by atoms with van der Waals surface area (Å²) in [5.74, 6) is 3.00. The highest BCUT2D eigenvalue weighted by atomic mass is 16.5. The summed E-state index contributed by atoms with van der Waals surface area (Å²) in [5.41, 5.74) is 8.14. The minimum absolute atomic E-state index is 0.105. The molecule has 2 N–H and O–H groups in total. The lowest BCUT2D eigenvalue weighted by Gasteiger charge is -2.20. The van der Waals surface area contributed by atoms with E-state index in [0.717, 1.165) is 22.6 Å². The van der Waals surface area contributed by atoms with E-state index >= 15 is 0 Å². The van der Waals surface area contributed by atoms with Gasteiger partial charge in [-0.1, -0.05) is 18.2 Å². The van der Waals surface area contributed by atoms with Gasteiger partial charge >= 0.3 is 0 Å². The number of rotatable bonds is 8. The van der Waals surface area contributed by atoms with E-state index in [1.54, 1.807) is 28.4 Å². The predicted molar refractivity (Wildman–Crippen MR) is 94.6 cm³/mol. The molecule has 0 radical (unpaired) electrons. The first-order valence-corrected chi connectivity index (χ1v) is 7.80. The van der Waals surface area contributed by atoms with E-state index in [-0.39, 0.29) is 5.92 Å². The quantitative estimate of drug-likeness (QED) is 0.805. The number of nitrogens with two attached hydrogens (primary N) is 1. The molecule has 2 aromatic carbocycles. The van der Waals surface area contributed by atoms with E-state index in [4.69, 9.17) is 24.7 Å². The number of hydrogen-bond donors (Lipinski definition) is 1. The third-order valence-electron chi connectivity index (χ3n) is 4.12. The second kappa shape index (κ2) is 8.45. The van der Waals surface area contributed by atoms with Gasteiger partial charge in [0.1, 0.15) is 11.5 Å². The van der Waals surface area contributed by atoms with Gasteiger partial charge in [0.2, 0.25) is 0 Å². The topological polar surface area (TPSA) is 62.9 Å². The molecule has 0 saturated carbocycles. The summed E-state index contributed by atoms with van der Waals surface area (Å²) in [4.78, 5) is 0. The van der Waals surface area contributed by atoms with Crippen molar-refractivity contribution in [2.24, 2.45) is 5.73 Å². The minimum atomic E-state index is 0.105. The molecule has 130 valence electrons. The van der Waals surface area contributed by atoms with Crippen LogP contribution in [-0.4, -0.2) is 35.0 Å². The first-order chi connectivity index (χ1) is 11.7. The van der Waals surface area contributed by atoms with Crippen molar-refractivity contribution in [1.29, 1.82) is 0 Å². The third kappa shape index (κ3) is 3.74. The summed E-state index contributed by atoms with van der Waals surface area (Å²) in [5, 5.41) is 0. The molecule has 0 aromatic heterocycles. The van der Waals surface area contributed by atoms with E-state index in [1.165, 1.54) is 0 Å². The fourth-order valence-corrected chi connectivity index (χ4v) is 2.84. The molecule has 0 heterocycles. The van der Waals surface area contributed by atoms with Crippen molar-refractivity contribution in [2.45, 2.75) is 12.3 Å². The van der Waals surface area contributed by atoms with Crippen molar-refractivity contribution >= 4 is 0 Å². The van der Waals surface area contributed by atoms with E-state index < -0.39 is 0 Å². The van der Waals surface area contributed by atoms with Gasteiger partial charge < -0.3 is 24.7 Å². The molecule has 0 bridgehead atoms. The van der Waals surface area contributed by atoms with Gasteiger partial charge in [0.15, 0.2) is 11.5 Å². The third-order valence-corrected chi connectivity index (χ3v) is 4.12. The Morgan fingerprint density at radius 3 is 1.96 bits per heavy atom. The molecule has 0 amide bonds. The van der Waals surface area contributed by atoms with Gasteiger partial charge in [0.25, 0.3) is 0 Å². The largest absolute Gasteiger partial charge is 0.496 e. The SMILES string of the molecule is COc1cc(OC)c(OC)cc1CC(CN)c1ccccc1OC. The second-order valence-corrected chi connectivity index (χ2v) is 5.40. The smallest absolute Gasteiger partial charge is 0.164 e. The molecule has 2 aromatic rings. The molecule has 1 atom stereocenters. The Labute approximate surface area is 143 Å². The van der Waals surface area contributed by atoms with Gasteiger partial charge in [-0.3, -0.25) is 0 Å². The summed E-state index contributed by atoms with van der Waals surface area (Å²) in [6, 6.07) is 11.7. The first-order valence-electron chi connectivity index (χ1n) is 7.80. The Balaban J connectivity index is 2.40. The Kier molecular flexibility index (Phi) is 6.32. The van der Waals surface area contributed by atoms with Gasteiger partial charge in [-0.15, -0.1) is 0 Å². The minimum Gasteiger partial charge on any atom is -0.496 e. The molecule has 2 rings (SSSR count). The van der Waals surface area contributed by atoms with E-state index in [9.17, 15) is 0 Å². The van der Waals surface area contributed by atoms with Crippen LogP contribution in [0.15, 0.2) is 36.4 Å². The summed E-state index contributed by atoms with van der Waals surface area (Å²) < 4.78 is 21.7. The number of benzene rings is 2. The van der Waals surface area contributed by atoms with Gasteiger partial charge in [-0.2, -0.15) is 0 Å². The van der Waals surface area contributed by atoms with E-state index in [2.05, 4.69) is 0 Å². The van der Waals surface area contributed by atoms with Crippen molar-refractivity contribution in [2.75, 3.05) is 35.0 Å². The van der Waals surface area contributed by atoms with Crippen LogP contribution in [0.1, 0.15) is 17.0 Å². The molecule has 0 aliphatic carbocycles. The Bertz CT molecular complexity index is 672. The molecule has 0 aliphatic heterocycles. The van der Waals surface area contributed by atoms with Crippen LogP contribution in [0.5, 0.6) is 23.0 Å². The highest BCUT2D eigenvalue weighted by Crippen LogP contribution is 2.37. The van der Waals surface area contributed by atoms with Crippen LogP contribution in [0.2, 0.25) is 0 Å². The normalized spacial score (nSPS) is 11.7. The zero-order valence-corrected chi connectivity index (χ0v) is 14.7. The molecule has 1 unspecified atom stereocenters. The highest BCUT2D eigenvalue weighted by molar-refractivity contribution is 5.51. The molecule has 0 spiro atoms. The maximum atomic E-state index is 6.04. The van der Waals surface area contributed by atoms with Crippen LogP contribution in [0.4, 0.5) is 0 Å². The van der Waals surface area contributed by atoms with Crippen molar-refractivity contribution in [3.8, 4) is 23.0 Å². The Hall–Kier alpha value is -2.40. The van der Waals surface area contributed by atoms with Gasteiger partial charge in [-0.05, 0) is 36.2 Å². The maximum Gasteiger partial charge on any atom is 0.164 e. The van der Waals surface area contributed by atoms with Crippen LogP contribution < -0.4 is 24.7 Å². The Morgan fingerprint density at radius 2 is 1.38 bits per heavy atom. The fourth-order valence-electron chi connectivity index (χ4n) is 2.84. The summed E-state index contributed by atoms with van der Waals surface area (Å²) in [6.07, 6.45) is 0.709. The Morgan fingerprint density at radius 1 is 0.792 bits per heavy atom. The van der Waals surface area contributed by atoms with Crippen molar-refractivity contribution < 1.29 is 18.9 Å². The number of ether oxygens (including phenoxy) is 4. The molecule has 5 nitrogen and oxygen atoms in total. The summed E-state index contributed by atoms with van der Waals surface area (Å²) in [7, 11) is 6.54. The highest BCUT2D eigenvalue weighted by Gasteiger charge is 2.19. The molecule has 0 aliphatic rings. The predicted octanol–water partition coefficient (Wildman–Crippen LogP) is 3.01. The molecular weight excluding hydrogens is 306 g/mol. The summed E-state index contributed by atoms with van der Waals surface area (Å²) >= 11 is 0. The average Bonchev–Trinajstić information content (AvgIpc) is 2.65. The van der Waals surface area contributed by atoms with E-state index in [0.29, 0.717) is 24.5 Å². The zero-order chi connectivity index (χ0) is 17.5. The number of para-hydroxylation sites is 1. The monoisotopic (exact) mass is 331 g/mol. The van der Waals surface area contributed by atoms with Crippen molar-refractivity contribution in [3.05, 3.63) is 47.5 Å². The van der Waals surface area contributed by atoms with Gasteiger partial charge in [-0.25, -0.2) is 0 Å². The lowest BCUT2D eigenvalue weighted by molar-refractivity contribution is 0.347. The molecule has 0 fully saturated rings. The molecule has 5 heteroatoms. The van der Waals surface area contributed by atoms with Gasteiger partial charge in [0, 0.05) is 12.0 Å². The molecule has 24 heavy (non-hydrogen) atoms. The lowest BCUT2D eigenvalue weighted by atomic mass is 9.90. The van der Waals surface area contributed by atoms with Crippen LogP contribution >= 0.6 is 0 Å². The second-order valence-electron chi connectivity index (χ2n) is 5.40. The number of methoxy groups -OCH3 is 4. The number of hydrogen-bond acceptors (Lipinski definition) is 5. The average molecular weight is 331 g/mol. The lowest BCUT2D eigenvalue weighted by Crippen LogP contribution is -2.16. The first kappa shape index (κ1) is 17.9. The molecule has 0 saturated heterocycles. The van der Waals surface area contributed by atoms with Crippen LogP contribution in [0.3, 0.4) is 0 Å².